The Bertz CT molecular complexity index is 743. The molecular weight excluding hydrogens is 408 g/mol. The molecule has 2 saturated carbocycles. The number of aliphatic hydroxyl groups excluding tert-OH is 2. The van der Waals surface area contributed by atoms with Gasteiger partial charge in [-0.3, -0.25) is 0 Å². The lowest BCUT2D eigenvalue weighted by molar-refractivity contribution is -0.325. The van der Waals surface area contributed by atoms with Crippen molar-refractivity contribution in [1.29, 1.82) is 0 Å². The summed E-state index contributed by atoms with van der Waals surface area (Å²) >= 11 is 0. The first-order chi connectivity index (χ1) is 14.9. The van der Waals surface area contributed by atoms with Gasteiger partial charge in [-0.2, -0.15) is 0 Å². The molecule has 0 radical (unpaired) electrons. The van der Waals surface area contributed by atoms with E-state index in [0.29, 0.717) is 16.9 Å². The zero-order valence-corrected chi connectivity index (χ0v) is 20.6. The van der Waals surface area contributed by atoms with E-state index in [-0.39, 0.29) is 5.92 Å². The van der Waals surface area contributed by atoms with Crippen molar-refractivity contribution in [3.63, 3.8) is 0 Å². The first-order valence-corrected chi connectivity index (χ1v) is 12.1. The Morgan fingerprint density at radius 2 is 1.97 bits per heavy atom. The normalized spacial score (nSPS) is 41.2. The molecule has 6 nitrogen and oxygen atoms in total. The summed E-state index contributed by atoms with van der Waals surface area (Å²) in [6.45, 7) is 16.0. The van der Waals surface area contributed by atoms with E-state index in [4.69, 9.17) is 14.2 Å². The summed E-state index contributed by atoms with van der Waals surface area (Å²) in [5, 5.41) is 21.0. The van der Waals surface area contributed by atoms with E-state index in [1.54, 1.807) is 26.8 Å². The quantitative estimate of drug-likeness (QED) is 0.369. The topological polar surface area (TPSA) is 85.2 Å². The third-order valence-corrected chi connectivity index (χ3v) is 8.35. The van der Waals surface area contributed by atoms with Crippen LogP contribution in [-0.4, -0.2) is 52.5 Å². The third-order valence-electron chi connectivity index (χ3n) is 8.35. The van der Waals surface area contributed by atoms with Gasteiger partial charge in [-0.15, -0.1) is 0 Å². The molecule has 0 amide bonds. The largest absolute Gasteiger partial charge is 0.451 e. The van der Waals surface area contributed by atoms with Crippen LogP contribution in [0.4, 0.5) is 0 Å². The molecule has 1 aliphatic heterocycles. The minimum absolute atomic E-state index is 0.284. The fourth-order valence-corrected chi connectivity index (χ4v) is 5.80. The first-order valence-electron chi connectivity index (χ1n) is 12.1. The van der Waals surface area contributed by atoms with Gasteiger partial charge in [0.15, 0.2) is 12.4 Å². The average Bonchev–Trinajstić information content (AvgIpc) is 2.73. The molecule has 0 bridgehead atoms. The van der Waals surface area contributed by atoms with Crippen LogP contribution in [-0.2, 0) is 19.0 Å². The molecule has 0 spiro atoms. The highest BCUT2D eigenvalue weighted by Gasteiger charge is 2.51. The van der Waals surface area contributed by atoms with Gasteiger partial charge in [0.2, 0.25) is 0 Å². The van der Waals surface area contributed by atoms with Crippen LogP contribution in [0.1, 0.15) is 80.1 Å². The Balaban J connectivity index is 1.77. The van der Waals surface area contributed by atoms with Crippen molar-refractivity contribution in [2.75, 3.05) is 0 Å². The SMILES string of the molecule is C=C1CCC[C@@]2(C)CC[C@@H](C(C)(C)O[C@H]3O[C@@H](C)[C@@H](O)[C@@H](O)[C@H]3OC(=O)/C(C)=C/C)C[C@@H]12. The summed E-state index contributed by atoms with van der Waals surface area (Å²) in [6, 6.07) is 0. The predicted octanol–water partition coefficient (Wildman–Crippen LogP) is 4.29. The van der Waals surface area contributed by atoms with Gasteiger partial charge in [0.1, 0.15) is 12.2 Å². The molecule has 1 saturated heterocycles. The lowest BCUT2D eigenvalue weighted by atomic mass is 9.55. The first kappa shape index (κ1) is 25.4. The molecule has 3 aliphatic rings. The van der Waals surface area contributed by atoms with Gasteiger partial charge in [-0.25, -0.2) is 4.79 Å². The Morgan fingerprint density at radius 1 is 1.28 bits per heavy atom. The van der Waals surface area contributed by atoms with Crippen LogP contribution in [0.3, 0.4) is 0 Å². The van der Waals surface area contributed by atoms with Crippen LogP contribution >= 0.6 is 0 Å². The van der Waals surface area contributed by atoms with Crippen molar-refractivity contribution in [2.24, 2.45) is 17.3 Å². The number of esters is 1. The van der Waals surface area contributed by atoms with E-state index in [1.165, 1.54) is 18.4 Å². The van der Waals surface area contributed by atoms with Crippen molar-refractivity contribution in [3.05, 3.63) is 23.8 Å². The van der Waals surface area contributed by atoms with Crippen LogP contribution in [0.2, 0.25) is 0 Å². The standard InChI is InChI=1S/C26H42O6/c1-8-15(2)23(29)31-22-21(28)20(27)17(4)30-24(22)32-25(5,6)18-11-13-26(7)12-9-10-16(3)19(26)14-18/h8,17-22,24,27-28H,3,9-14H2,1-2,4-7H3/b15-8+/t17-,18+,19-,20+,21+,22+,24+,26-/m0/s1. The maximum absolute atomic E-state index is 12.4. The number of carbonyl (C=O) groups is 1. The van der Waals surface area contributed by atoms with Gasteiger partial charge in [0, 0.05) is 5.57 Å². The van der Waals surface area contributed by atoms with E-state index < -0.39 is 42.3 Å². The molecular formula is C26H42O6. The highest BCUT2D eigenvalue weighted by molar-refractivity contribution is 5.87. The molecule has 0 aromatic heterocycles. The predicted molar refractivity (Wildman–Crippen MR) is 123 cm³/mol. The summed E-state index contributed by atoms with van der Waals surface area (Å²) in [6.07, 6.45) is 3.24. The van der Waals surface area contributed by atoms with Gasteiger partial charge < -0.3 is 24.4 Å². The number of rotatable bonds is 5. The molecule has 182 valence electrons. The average molecular weight is 451 g/mol. The number of fused-ring (bicyclic) bond motifs is 1. The fraction of sp³-hybridized carbons (Fsp3) is 0.808. The van der Waals surface area contributed by atoms with Crippen molar-refractivity contribution in [3.8, 4) is 0 Å². The number of allylic oxidation sites excluding steroid dienone is 2. The molecule has 0 aromatic carbocycles. The number of hydrogen-bond donors (Lipinski definition) is 2. The van der Waals surface area contributed by atoms with Gasteiger partial charge in [0.25, 0.3) is 0 Å². The molecule has 2 aliphatic carbocycles. The maximum atomic E-state index is 12.4. The fourth-order valence-electron chi connectivity index (χ4n) is 5.80. The van der Waals surface area contributed by atoms with E-state index in [2.05, 4.69) is 13.5 Å². The van der Waals surface area contributed by atoms with Crippen molar-refractivity contribution < 1.29 is 29.2 Å². The van der Waals surface area contributed by atoms with E-state index in [9.17, 15) is 15.0 Å². The Labute approximate surface area is 193 Å². The van der Waals surface area contributed by atoms with E-state index in [1.807, 2.05) is 13.8 Å². The van der Waals surface area contributed by atoms with Crippen LogP contribution in [0.25, 0.3) is 0 Å². The lowest BCUT2D eigenvalue weighted by Gasteiger charge is -2.52. The van der Waals surface area contributed by atoms with Crippen molar-refractivity contribution in [2.45, 2.75) is 116 Å². The van der Waals surface area contributed by atoms with Gasteiger partial charge in [0.05, 0.1) is 11.7 Å². The second kappa shape index (κ2) is 9.57. The summed E-state index contributed by atoms with van der Waals surface area (Å²) in [4.78, 5) is 12.4. The van der Waals surface area contributed by atoms with Gasteiger partial charge in [-0.05, 0) is 90.4 Å². The smallest absolute Gasteiger partial charge is 0.333 e. The second-order valence-corrected chi connectivity index (χ2v) is 10.9. The zero-order valence-electron chi connectivity index (χ0n) is 20.6. The maximum Gasteiger partial charge on any atom is 0.333 e. The Morgan fingerprint density at radius 3 is 2.62 bits per heavy atom. The molecule has 3 rings (SSSR count). The highest BCUT2D eigenvalue weighted by atomic mass is 16.7. The molecule has 0 aromatic rings. The minimum Gasteiger partial charge on any atom is -0.451 e. The Kier molecular flexibility index (Phi) is 7.60. The van der Waals surface area contributed by atoms with Crippen LogP contribution in [0, 0.1) is 17.3 Å². The second-order valence-electron chi connectivity index (χ2n) is 10.9. The molecule has 1 heterocycles. The number of carbonyl (C=O) groups excluding carboxylic acids is 1. The lowest BCUT2D eigenvalue weighted by Crippen LogP contribution is -2.61. The van der Waals surface area contributed by atoms with Crippen molar-refractivity contribution in [1.82, 2.24) is 0 Å². The minimum atomic E-state index is -1.29. The van der Waals surface area contributed by atoms with Gasteiger partial charge in [-0.1, -0.05) is 25.2 Å². The third kappa shape index (κ3) is 4.98. The highest BCUT2D eigenvalue weighted by Crippen LogP contribution is 2.55. The summed E-state index contributed by atoms with van der Waals surface area (Å²) in [5.41, 5.74) is 1.53. The Hall–Kier alpha value is -1.21. The van der Waals surface area contributed by atoms with Crippen molar-refractivity contribution >= 4 is 5.97 Å². The molecule has 32 heavy (non-hydrogen) atoms. The van der Waals surface area contributed by atoms with Gasteiger partial charge >= 0.3 is 5.97 Å². The van der Waals surface area contributed by atoms with E-state index in [0.717, 1.165) is 25.7 Å². The van der Waals surface area contributed by atoms with Crippen LogP contribution in [0.5, 0.6) is 0 Å². The molecule has 0 unspecified atom stereocenters. The van der Waals surface area contributed by atoms with Crippen LogP contribution < -0.4 is 0 Å². The number of hydrogen-bond acceptors (Lipinski definition) is 6. The zero-order chi connectivity index (χ0) is 23.8. The molecule has 6 heteroatoms. The van der Waals surface area contributed by atoms with E-state index >= 15 is 0 Å². The van der Waals surface area contributed by atoms with Crippen LogP contribution in [0.15, 0.2) is 23.8 Å². The summed E-state index contributed by atoms with van der Waals surface area (Å²) in [7, 11) is 0. The summed E-state index contributed by atoms with van der Waals surface area (Å²) < 4.78 is 17.9. The molecule has 2 N–H and O–H groups in total. The number of aliphatic hydroxyl groups is 2. The molecule has 3 fully saturated rings. The molecule has 8 atom stereocenters. The monoisotopic (exact) mass is 450 g/mol. The summed E-state index contributed by atoms with van der Waals surface area (Å²) in [5.74, 6) is 0.217. The number of ether oxygens (including phenoxy) is 3.